The minimum Gasteiger partial charge on any atom is -0.497 e. The second kappa shape index (κ2) is 6.59. The van der Waals surface area contributed by atoms with Gasteiger partial charge in [-0.15, -0.1) is 0 Å². The minimum atomic E-state index is -0.639. The number of methoxy groups -OCH3 is 1. The molecule has 3 nitrogen and oxygen atoms in total. The number of benzene rings is 2. The first-order chi connectivity index (χ1) is 10.0. The Hall–Kier alpha value is -2.07. The first kappa shape index (κ1) is 15.3. The zero-order chi connectivity index (χ0) is 15.4. The summed E-state index contributed by atoms with van der Waals surface area (Å²) < 4.78 is 24.0. The Labute approximate surface area is 124 Å². The summed E-state index contributed by atoms with van der Waals surface area (Å²) in [5.74, 6) is 0.959. The predicted octanol–water partition coefficient (Wildman–Crippen LogP) is 3.78. The molecule has 1 N–H and O–H groups in total. The van der Waals surface area contributed by atoms with E-state index in [1.807, 2.05) is 6.92 Å². The number of halogens is 1. The molecule has 0 saturated heterocycles. The quantitative estimate of drug-likeness (QED) is 0.911. The molecule has 2 aromatic carbocycles. The lowest BCUT2D eigenvalue weighted by Crippen LogP contribution is -2.03. The Kier molecular flexibility index (Phi) is 4.81. The van der Waals surface area contributed by atoms with Crippen molar-refractivity contribution in [1.29, 1.82) is 0 Å². The molecule has 0 aromatic heterocycles. The third-order valence-corrected chi connectivity index (χ3v) is 3.36. The van der Waals surface area contributed by atoms with Gasteiger partial charge < -0.3 is 14.6 Å². The lowest BCUT2D eigenvalue weighted by molar-refractivity contribution is 0.190. The van der Waals surface area contributed by atoms with E-state index in [1.165, 1.54) is 12.1 Å². The van der Waals surface area contributed by atoms with Gasteiger partial charge in [0.1, 0.15) is 23.9 Å². The molecule has 1 atom stereocenters. The smallest absolute Gasteiger partial charge is 0.129 e. The van der Waals surface area contributed by atoms with E-state index in [0.717, 1.165) is 11.1 Å². The number of hydrogen-bond acceptors (Lipinski definition) is 3. The SMILES string of the molecule is COc1ccc([C@H](C)O)c(OCc2ccc(F)cc2C)c1. The predicted molar refractivity (Wildman–Crippen MR) is 79.1 cm³/mol. The van der Waals surface area contributed by atoms with Crippen LogP contribution in [0, 0.1) is 12.7 Å². The van der Waals surface area contributed by atoms with Crippen molar-refractivity contribution in [3.05, 3.63) is 58.9 Å². The van der Waals surface area contributed by atoms with E-state index in [-0.39, 0.29) is 5.82 Å². The van der Waals surface area contributed by atoms with Crippen LogP contribution in [0.15, 0.2) is 36.4 Å². The Morgan fingerprint density at radius 3 is 2.57 bits per heavy atom. The standard InChI is InChI=1S/C17H19FO3/c1-11-8-14(18)5-4-13(11)10-21-17-9-15(20-3)6-7-16(17)12(2)19/h4-9,12,19H,10H2,1-3H3/t12-/m0/s1. The molecule has 0 amide bonds. The van der Waals surface area contributed by atoms with Crippen LogP contribution >= 0.6 is 0 Å². The fourth-order valence-corrected chi connectivity index (χ4v) is 2.09. The molecule has 2 rings (SSSR count). The van der Waals surface area contributed by atoms with Crippen molar-refractivity contribution in [3.63, 3.8) is 0 Å². The molecule has 112 valence electrons. The van der Waals surface area contributed by atoms with E-state index >= 15 is 0 Å². The average Bonchev–Trinajstić information content (AvgIpc) is 2.45. The number of aliphatic hydroxyl groups excluding tert-OH is 1. The number of ether oxygens (including phenoxy) is 2. The number of aryl methyl sites for hydroxylation is 1. The lowest BCUT2D eigenvalue weighted by Gasteiger charge is -2.15. The summed E-state index contributed by atoms with van der Waals surface area (Å²) in [6, 6.07) is 9.87. The molecule has 0 radical (unpaired) electrons. The van der Waals surface area contributed by atoms with Gasteiger partial charge in [0.05, 0.1) is 13.2 Å². The molecule has 0 bridgehead atoms. The first-order valence-corrected chi connectivity index (χ1v) is 6.75. The monoisotopic (exact) mass is 290 g/mol. The fraction of sp³-hybridized carbons (Fsp3) is 0.294. The summed E-state index contributed by atoms with van der Waals surface area (Å²) >= 11 is 0. The highest BCUT2D eigenvalue weighted by Crippen LogP contribution is 2.30. The summed E-state index contributed by atoms with van der Waals surface area (Å²) in [6.07, 6.45) is -0.639. The van der Waals surface area contributed by atoms with E-state index in [4.69, 9.17) is 9.47 Å². The van der Waals surface area contributed by atoms with Crippen molar-refractivity contribution >= 4 is 0 Å². The summed E-state index contributed by atoms with van der Waals surface area (Å²) in [5, 5.41) is 9.79. The van der Waals surface area contributed by atoms with E-state index in [0.29, 0.717) is 23.7 Å². The maximum absolute atomic E-state index is 13.1. The third kappa shape index (κ3) is 3.73. The highest BCUT2D eigenvalue weighted by molar-refractivity contribution is 5.42. The van der Waals surface area contributed by atoms with Crippen LogP contribution in [-0.2, 0) is 6.61 Å². The maximum atomic E-state index is 13.1. The van der Waals surface area contributed by atoms with Gasteiger partial charge in [0.2, 0.25) is 0 Å². The second-order valence-corrected chi connectivity index (χ2v) is 4.94. The van der Waals surface area contributed by atoms with E-state index in [1.54, 1.807) is 38.3 Å². The van der Waals surface area contributed by atoms with Crippen LogP contribution in [0.1, 0.15) is 29.7 Å². The molecular formula is C17H19FO3. The molecule has 0 saturated carbocycles. The van der Waals surface area contributed by atoms with Crippen LogP contribution < -0.4 is 9.47 Å². The summed E-state index contributed by atoms with van der Waals surface area (Å²) in [6.45, 7) is 3.82. The summed E-state index contributed by atoms with van der Waals surface area (Å²) in [7, 11) is 1.57. The Bertz CT molecular complexity index is 623. The summed E-state index contributed by atoms with van der Waals surface area (Å²) in [5.41, 5.74) is 2.42. The Morgan fingerprint density at radius 2 is 1.95 bits per heavy atom. The molecule has 0 aliphatic carbocycles. The topological polar surface area (TPSA) is 38.7 Å². The normalized spacial score (nSPS) is 12.0. The molecule has 0 heterocycles. The lowest BCUT2D eigenvalue weighted by atomic mass is 10.1. The van der Waals surface area contributed by atoms with Gasteiger partial charge in [-0.2, -0.15) is 0 Å². The van der Waals surface area contributed by atoms with Gasteiger partial charge in [0, 0.05) is 11.6 Å². The van der Waals surface area contributed by atoms with Crippen molar-refractivity contribution in [2.45, 2.75) is 26.6 Å². The number of aliphatic hydroxyl groups is 1. The zero-order valence-corrected chi connectivity index (χ0v) is 12.4. The highest BCUT2D eigenvalue weighted by atomic mass is 19.1. The second-order valence-electron chi connectivity index (χ2n) is 4.94. The number of rotatable bonds is 5. The molecule has 21 heavy (non-hydrogen) atoms. The molecular weight excluding hydrogens is 271 g/mol. The van der Waals surface area contributed by atoms with Crippen LogP contribution in [-0.4, -0.2) is 12.2 Å². The molecule has 0 aliphatic rings. The molecule has 4 heteroatoms. The Morgan fingerprint density at radius 1 is 1.19 bits per heavy atom. The third-order valence-electron chi connectivity index (χ3n) is 3.36. The average molecular weight is 290 g/mol. The van der Waals surface area contributed by atoms with Crippen LogP contribution in [0.4, 0.5) is 4.39 Å². The van der Waals surface area contributed by atoms with Crippen LogP contribution in [0.3, 0.4) is 0 Å². The van der Waals surface area contributed by atoms with Crippen molar-refractivity contribution < 1.29 is 19.0 Å². The van der Waals surface area contributed by atoms with Gasteiger partial charge in [-0.3, -0.25) is 0 Å². The Balaban J connectivity index is 2.22. The molecule has 0 unspecified atom stereocenters. The first-order valence-electron chi connectivity index (χ1n) is 6.75. The highest BCUT2D eigenvalue weighted by Gasteiger charge is 2.11. The van der Waals surface area contributed by atoms with Gasteiger partial charge in [0.25, 0.3) is 0 Å². The van der Waals surface area contributed by atoms with E-state index in [9.17, 15) is 9.50 Å². The van der Waals surface area contributed by atoms with Crippen molar-refractivity contribution in [3.8, 4) is 11.5 Å². The number of hydrogen-bond donors (Lipinski definition) is 1. The maximum Gasteiger partial charge on any atom is 0.129 e. The van der Waals surface area contributed by atoms with Crippen molar-refractivity contribution in [1.82, 2.24) is 0 Å². The molecule has 2 aromatic rings. The minimum absolute atomic E-state index is 0.262. The summed E-state index contributed by atoms with van der Waals surface area (Å²) in [4.78, 5) is 0. The zero-order valence-electron chi connectivity index (χ0n) is 12.4. The largest absolute Gasteiger partial charge is 0.497 e. The van der Waals surface area contributed by atoms with Crippen LogP contribution in [0.2, 0.25) is 0 Å². The fourth-order valence-electron chi connectivity index (χ4n) is 2.09. The molecule has 0 aliphatic heterocycles. The van der Waals surface area contributed by atoms with Gasteiger partial charge in [-0.25, -0.2) is 4.39 Å². The van der Waals surface area contributed by atoms with E-state index < -0.39 is 6.10 Å². The van der Waals surface area contributed by atoms with E-state index in [2.05, 4.69) is 0 Å². The van der Waals surface area contributed by atoms with Gasteiger partial charge in [0.15, 0.2) is 0 Å². The van der Waals surface area contributed by atoms with Gasteiger partial charge in [-0.05, 0) is 49.2 Å². The van der Waals surface area contributed by atoms with Crippen molar-refractivity contribution in [2.24, 2.45) is 0 Å². The van der Waals surface area contributed by atoms with Crippen LogP contribution in [0.5, 0.6) is 11.5 Å². The van der Waals surface area contributed by atoms with Crippen molar-refractivity contribution in [2.75, 3.05) is 7.11 Å². The van der Waals surface area contributed by atoms with Gasteiger partial charge in [-0.1, -0.05) is 6.07 Å². The van der Waals surface area contributed by atoms with Crippen LogP contribution in [0.25, 0.3) is 0 Å². The molecule has 0 fully saturated rings. The van der Waals surface area contributed by atoms with Gasteiger partial charge >= 0.3 is 0 Å². The molecule has 0 spiro atoms.